The summed E-state index contributed by atoms with van der Waals surface area (Å²) in [5.41, 5.74) is 0. The molecule has 25 heavy (non-hydrogen) atoms. The maximum Gasteiger partial charge on any atom is 0.194 e. The lowest BCUT2D eigenvalue weighted by atomic mass is 9.98. The largest absolute Gasteiger partial charge is 0.357 e. The van der Waals surface area contributed by atoms with Gasteiger partial charge < -0.3 is 10.2 Å². The van der Waals surface area contributed by atoms with Gasteiger partial charge >= 0.3 is 0 Å². The van der Waals surface area contributed by atoms with Crippen LogP contribution in [0.15, 0.2) is 4.99 Å². The van der Waals surface area contributed by atoms with Crippen LogP contribution in [0.25, 0.3) is 0 Å². The topological polar surface area (TPSA) is 65.0 Å². The molecule has 0 aromatic carbocycles. The Morgan fingerprint density at radius 2 is 1.92 bits per heavy atom. The fourth-order valence-corrected chi connectivity index (χ4v) is 4.92. The first-order valence-electron chi connectivity index (χ1n) is 9.66. The second kappa shape index (κ2) is 8.25. The molecule has 2 heterocycles. The minimum absolute atomic E-state index is 0.198. The molecule has 0 aromatic heterocycles. The van der Waals surface area contributed by atoms with Crippen molar-refractivity contribution in [2.24, 2.45) is 10.9 Å². The summed E-state index contributed by atoms with van der Waals surface area (Å²) in [5, 5.41) is 3.35. The predicted molar refractivity (Wildman–Crippen MR) is 105 cm³/mol. The summed E-state index contributed by atoms with van der Waals surface area (Å²) in [4.78, 5) is 9.47. The summed E-state index contributed by atoms with van der Waals surface area (Å²) in [6.07, 6.45) is 2.54. The molecule has 0 amide bonds. The van der Waals surface area contributed by atoms with Crippen LogP contribution in [-0.4, -0.2) is 80.0 Å². The molecule has 0 radical (unpaired) electrons. The Kier molecular flexibility index (Phi) is 6.76. The predicted octanol–water partition coefficient (Wildman–Crippen LogP) is 1.58. The molecule has 2 saturated heterocycles. The monoisotopic (exact) mass is 372 g/mol. The number of hydrogen-bond donors (Lipinski definition) is 1. The summed E-state index contributed by atoms with van der Waals surface area (Å²) in [5.74, 6) is 1.88. The number of rotatable bonds is 4. The number of hydrogen-bond acceptors (Lipinski definition) is 4. The zero-order valence-corrected chi connectivity index (χ0v) is 17.4. The lowest BCUT2D eigenvalue weighted by Crippen LogP contribution is -2.57. The highest BCUT2D eigenvalue weighted by Gasteiger charge is 2.41. The van der Waals surface area contributed by atoms with Crippen molar-refractivity contribution in [1.29, 1.82) is 0 Å². The molecule has 1 unspecified atom stereocenters. The highest BCUT2D eigenvalue weighted by atomic mass is 32.2. The van der Waals surface area contributed by atoms with E-state index in [1.807, 2.05) is 13.8 Å². The number of guanidine groups is 1. The number of nitrogens with zero attached hydrogens (tertiary/aromatic N) is 3. The Morgan fingerprint density at radius 3 is 2.48 bits per heavy atom. The smallest absolute Gasteiger partial charge is 0.194 e. The van der Waals surface area contributed by atoms with E-state index < -0.39 is 14.6 Å². The maximum absolute atomic E-state index is 12.2. The average Bonchev–Trinajstić information content (AvgIpc) is 2.54. The van der Waals surface area contributed by atoms with E-state index in [2.05, 4.69) is 35.9 Å². The average molecular weight is 373 g/mol. The zero-order valence-electron chi connectivity index (χ0n) is 16.6. The number of piperidine rings is 1. The summed E-state index contributed by atoms with van der Waals surface area (Å²) >= 11 is 0. The molecular formula is C18H36N4O2S. The van der Waals surface area contributed by atoms with Crippen molar-refractivity contribution < 1.29 is 8.42 Å². The summed E-state index contributed by atoms with van der Waals surface area (Å²) in [6, 6.07) is 0.419. The van der Waals surface area contributed by atoms with Crippen LogP contribution in [0.2, 0.25) is 0 Å². The van der Waals surface area contributed by atoms with E-state index >= 15 is 0 Å². The van der Waals surface area contributed by atoms with Crippen molar-refractivity contribution >= 4 is 15.8 Å². The molecule has 2 aliphatic heterocycles. The van der Waals surface area contributed by atoms with Gasteiger partial charge in [-0.15, -0.1) is 0 Å². The molecule has 2 aliphatic rings. The van der Waals surface area contributed by atoms with Gasteiger partial charge in [0.15, 0.2) is 15.8 Å². The fourth-order valence-electron chi connectivity index (χ4n) is 3.55. The standard InChI is InChI=1S/C18H36N4O2S/c1-6-19-17(22-11-12-25(23,24)18(4,5)14-22)20-13-16(3)21-9-7-15(2)8-10-21/h15-16H,6-14H2,1-5H3,(H,19,20). The Labute approximate surface area is 154 Å². The molecule has 6 nitrogen and oxygen atoms in total. The number of sulfone groups is 1. The minimum atomic E-state index is -3.03. The van der Waals surface area contributed by atoms with Gasteiger partial charge in [-0.3, -0.25) is 9.89 Å². The van der Waals surface area contributed by atoms with E-state index in [1.165, 1.54) is 12.8 Å². The summed E-state index contributed by atoms with van der Waals surface area (Å²) in [6.45, 7) is 15.1. The van der Waals surface area contributed by atoms with E-state index in [0.717, 1.165) is 38.1 Å². The highest BCUT2D eigenvalue weighted by Crippen LogP contribution is 2.24. The van der Waals surface area contributed by atoms with E-state index in [-0.39, 0.29) is 5.75 Å². The molecular weight excluding hydrogens is 336 g/mol. The van der Waals surface area contributed by atoms with Gasteiger partial charge in [0.25, 0.3) is 0 Å². The molecule has 2 rings (SSSR count). The SMILES string of the molecule is CCNC(=NCC(C)N1CCC(C)CC1)N1CCS(=O)(=O)C(C)(C)C1. The first kappa shape index (κ1) is 20.5. The van der Waals surface area contributed by atoms with Crippen LogP contribution in [0, 0.1) is 5.92 Å². The fraction of sp³-hybridized carbons (Fsp3) is 0.944. The summed E-state index contributed by atoms with van der Waals surface area (Å²) < 4.78 is 23.7. The van der Waals surface area contributed by atoms with Gasteiger partial charge in [0, 0.05) is 25.7 Å². The summed E-state index contributed by atoms with van der Waals surface area (Å²) in [7, 11) is -3.03. The lowest BCUT2D eigenvalue weighted by molar-refractivity contribution is 0.150. The molecule has 0 aliphatic carbocycles. The van der Waals surface area contributed by atoms with Gasteiger partial charge in [-0.05, 0) is 59.5 Å². The third kappa shape index (κ3) is 5.09. The van der Waals surface area contributed by atoms with Gasteiger partial charge in [-0.25, -0.2) is 8.42 Å². The van der Waals surface area contributed by atoms with Crippen LogP contribution in [0.5, 0.6) is 0 Å². The number of likely N-dealkylation sites (tertiary alicyclic amines) is 1. The van der Waals surface area contributed by atoms with Crippen LogP contribution in [-0.2, 0) is 9.84 Å². The van der Waals surface area contributed by atoms with Crippen molar-refractivity contribution in [2.75, 3.05) is 45.0 Å². The van der Waals surface area contributed by atoms with Gasteiger partial charge in [0.2, 0.25) is 0 Å². The molecule has 2 fully saturated rings. The lowest BCUT2D eigenvalue weighted by Gasteiger charge is -2.39. The second-order valence-corrected chi connectivity index (χ2v) is 11.0. The number of nitrogens with one attached hydrogen (secondary N) is 1. The van der Waals surface area contributed by atoms with Crippen molar-refractivity contribution in [2.45, 2.75) is 58.2 Å². The van der Waals surface area contributed by atoms with Crippen molar-refractivity contribution in [1.82, 2.24) is 15.1 Å². The minimum Gasteiger partial charge on any atom is -0.357 e. The molecule has 7 heteroatoms. The Morgan fingerprint density at radius 1 is 1.28 bits per heavy atom. The van der Waals surface area contributed by atoms with Crippen LogP contribution in [0.4, 0.5) is 0 Å². The molecule has 1 N–H and O–H groups in total. The molecule has 0 saturated carbocycles. The third-order valence-corrected chi connectivity index (χ3v) is 8.16. The van der Waals surface area contributed by atoms with Crippen molar-refractivity contribution in [3.05, 3.63) is 0 Å². The van der Waals surface area contributed by atoms with Crippen LogP contribution < -0.4 is 5.32 Å². The zero-order chi connectivity index (χ0) is 18.7. The molecule has 146 valence electrons. The van der Waals surface area contributed by atoms with Gasteiger partial charge in [-0.2, -0.15) is 0 Å². The van der Waals surface area contributed by atoms with Gasteiger partial charge in [0.1, 0.15) is 0 Å². The van der Waals surface area contributed by atoms with Gasteiger partial charge in [0.05, 0.1) is 17.0 Å². The Hall–Kier alpha value is -0.820. The Balaban J connectivity index is 2.01. The number of aliphatic imine (C=N–C) groups is 1. The van der Waals surface area contributed by atoms with Crippen LogP contribution in [0.3, 0.4) is 0 Å². The first-order valence-corrected chi connectivity index (χ1v) is 11.3. The second-order valence-electron chi connectivity index (χ2n) is 8.26. The molecule has 0 spiro atoms. The van der Waals surface area contributed by atoms with Gasteiger partial charge in [-0.1, -0.05) is 6.92 Å². The molecule has 0 bridgehead atoms. The highest BCUT2D eigenvalue weighted by molar-refractivity contribution is 7.92. The normalized spacial score (nSPS) is 26.4. The van der Waals surface area contributed by atoms with Crippen LogP contribution in [0.1, 0.15) is 47.5 Å². The molecule has 1 atom stereocenters. The van der Waals surface area contributed by atoms with E-state index in [0.29, 0.717) is 19.1 Å². The van der Waals surface area contributed by atoms with E-state index in [1.54, 1.807) is 0 Å². The van der Waals surface area contributed by atoms with E-state index in [9.17, 15) is 8.42 Å². The third-order valence-electron chi connectivity index (χ3n) is 5.62. The van der Waals surface area contributed by atoms with Crippen molar-refractivity contribution in [3.8, 4) is 0 Å². The Bertz CT molecular complexity index is 566. The maximum atomic E-state index is 12.2. The quantitative estimate of drug-likeness (QED) is 0.600. The van der Waals surface area contributed by atoms with Crippen LogP contribution >= 0.6 is 0 Å². The molecule has 0 aromatic rings. The first-order chi connectivity index (χ1) is 11.7. The van der Waals surface area contributed by atoms with Crippen molar-refractivity contribution in [3.63, 3.8) is 0 Å². The van der Waals surface area contributed by atoms with E-state index in [4.69, 9.17) is 4.99 Å².